The van der Waals surface area contributed by atoms with E-state index in [2.05, 4.69) is 50.6 Å². The van der Waals surface area contributed by atoms with Crippen molar-refractivity contribution in [2.75, 3.05) is 0 Å². The predicted octanol–water partition coefficient (Wildman–Crippen LogP) is 4.17. The molecule has 0 aliphatic carbocycles. The molecule has 0 amide bonds. The Morgan fingerprint density at radius 2 is 2.00 bits per heavy atom. The standard InChI is InChI=1S/C12H17S/c1-3-8-11(4-2)13-12-9-6-5-7-10-12/h3,5-7,9-11H,4,8H2,1-2H3. The van der Waals surface area contributed by atoms with Gasteiger partial charge in [-0.3, -0.25) is 0 Å². The lowest BCUT2D eigenvalue weighted by molar-refractivity contribution is 0.804. The third-order valence-corrected chi connectivity index (χ3v) is 3.40. The molecule has 0 nitrogen and oxygen atoms in total. The molecule has 1 aromatic carbocycles. The molecule has 13 heavy (non-hydrogen) atoms. The molecule has 0 saturated heterocycles. The van der Waals surface area contributed by atoms with Gasteiger partial charge in [-0.15, -0.1) is 11.8 Å². The molecular weight excluding hydrogens is 176 g/mol. The zero-order chi connectivity index (χ0) is 9.52. The van der Waals surface area contributed by atoms with Crippen molar-refractivity contribution in [2.45, 2.75) is 36.8 Å². The summed E-state index contributed by atoms with van der Waals surface area (Å²) >= 11 is 1.98. The molecule has 0 spiro atoms. The van der Waals surface area contributed by atoms with Gasteiger partial charge in [-0.25, -0.2) is 0 Å². The Labute approximate surface area is 85.7 Å². The molecular formula is C12H17S. The Bertz CT molecular complexity index is 218. The lowest BCUT2D eigenvalue weighted by Gasteiger charge is -2.12. The van der Waals surface area contributed by atoms with Crippen molar-refractivity contribution in [3.8, 4) is 0 Å². The Morgan fingerprint density at radius 3 is 2.54 bits per heavy atom. The van der Waals surface area contributed by atoms with E-state index in [1.165, 1.54) is 17.7 Å². The summed E-state index contributed by atoms with van der Waals surface area (Å²) < 4.78 is 0. The van der Waals surface area contributed by atoms with Gasteiger partial charge in [0.25, 0.3) is 0 Å². The summed E-state index contributed by atoms with van der Waals surface area (Å²) in [6.45, 7) is 4.39. The maximum Gasteiger partial charge on any atom is 0.00944 e. The van der Waals surface area contributed by atoms with Crippen LogP contribution in [0.5, 0.6) is 0 Å². The normalized spacial score (nSPS) is 12.8. The van der Waals surface area contributed by atoms with Crippen molar-refractivity contribution in [3.63, 3.8) is 0 Å². The maximum atomic E-state index is 2.25. The number of benzene rings is 1. The first-order chi connectivity index (χ1) is 6.36. The van der Waals surface area contributed by atoms with Gasteiger partial charge >= 0.3 is 0 Å². The topological polar surface area (TPSA) is 0 Å². The highest BCUT2D eigenvalue weighted by Crippen LogP contribution is 2.27. The fourth-order valence-corrected chi connectivity index (χ4v) is 2.41. The molecule has 0 N–H and O–H groups in total. The van der Waals surface area contributed by atoms with Crippen LogP contribution in [0.3, 0.4) is 0 Å². The van der Waals surface area contributed by atoms with E-state index in [0.717, 1.165) is 5.25 Å². The highest BCUT2D eigenvalue weighted by molar-refractivity contribution is 8.00. The van der Waals surface area contributed by atoms with Gasteiger partial charge in [0, 0.05) is 10.1 Å². The number of rotatable bonds is 5. The highest BCUT2D eigenvalue weighted by Gasteiger charge is 2.05. The molecule has 1 unspecified atom stereocenters. The van der Waals surface area contributed by atoms with E-state index < -0.39 is 0 Å². The van der Waals surface area contributed by atoms with E-state index in [1.807, 2.05) is 11.8 Å². The van der Waals surface area contributed by atoms with Gasteiger partial charge in [0.05, 0.1) is 0 Å². The minimum atomic E-state index is 0.743. The summed E-state index contributed by atoms with van der Waals surface area (Å²) in [6.07, 6.45) is 4.70. The summed E-state index contributed by atoms with van der Waals surface area (Å²) in [5.41, 5.74) is 0. The Morgan fingerprint density at radius 1 is 1.31 bits per heavy atom. The van der Waals surface area contributed by atoms with Gasteiger partial charge in [-0.2, -0.15) is 0 Å². The van der Waals surface area contributed by atoms with Gasteiger partial charge in [-0.05, 0) is 31.4 Å². The first kappa shape index (κ1) is 10.6. The monoisotopic (exact) mass is 193 g/mol. The number of hydrogen-bond acceptors (Lipinski definition) is 1. The van der Waals surface area contributed by atoms with Crippen molar-refractivity contribution >= 4 is 11.8 Å². The van der Waals surface area contributed by atoms with Crippen LogP contribution in [0, 0.1) is 6.42 Å². The average molecular weight is 193 g/mol. The number of hydrogen-bond donors (Lipinski definition) is 0. The smallest absolute Gasteiger partial charge is 0.00944 e. The van der Waals surface area contributed by atoms with Gasteiger partial charge in [0.1, 0.15) is 0 Å². The first-order valence-corrected chi connectivity index (χ1v) is 5.74. The van der Waals surface area contributed by atoms with Crippen LogP contribution in [0.2, 0.25) is 0 Å². The van der Waals surface area contributed by atoms with E-state index in [-0.39, 0.29) is 0 Å². The zero-order valence-corrected chi connectivity index (χ0v) is 9.18. The Kier molecular flexibility index (Phi) is 4.99. The zero-order valence-electron chi connectivity index (χ0n) is 8.36. The van der Waals surface area contributed by atoms with Crippen LogP contribution in [0.15, 0.2) is 35.2 Å². The molecule has 0 aliphatic heterocycles. The molecule has 0 fully saturated rings. The van der Waals surface area contributed by atoms with Crippen molar-refractivity contribution in [3.05, 3.63) is 36.8 Å². The van der Waals surface area contributed by atoms with E-state index >= 15 is 0 Å². The fourth-order valence-electron chi connectivity index (χ4n) is 1.25. The lowest BCUT2D eigenvalue weighted by Crippen LogP contribution is -1.99. The molecule has 0 heterocycles. The molecule has 1 atom stereocenters. The van der Waals surface area contributed by atoms with Crippen molar-refractivity contribution in [1.29, 1.82) is 0 Å². The van der Waals surface area contributed by atoms with Crippen LogP contribution in [0.25, 0.3) is 0 Å². The molecule has 1 rings (SSSR count). The summed E-state index contributed by atoms with van der Waals surface area (Å²) in [5, 5.41) is 0.743. The second-order valence-electron chi connectivity index (χ2n) is 3.11. The van der Waals surface area contributed by atoms with E-state index in [9.17, 15) is 0 Å². The second-order valence-corrected chi connectivity index (χ2v) is 4.48. The quantitative estimate of drug-likeness (QED) is 0.632. The predicted molar refractivity (Wildman–Crippen MR) is 61.0 cm³/mol. The third-order valence-electron chi connectivity index (χ3n) is 2.00. The lowest BCUT2D eigenvalue weighted by atomic mass is 10.2. The summed E-state index contributed by atoms with van der Waals surface area (Å²) in [4.78, 5) is 1.39. The van der Waals surface area contributed by atoms with Gasteiger partial charge in [-0.1, -0.05) is 32.0 Å². The average Bonchev–Trinajstić information content (AvgIpc) is 2.19. The summed E-state index contributed by atoms with van der Waals surface area (Å²) in [5.74, 6) is 0. The fraction of sp³-hybridized carbons (Fsp3) is 0.417. The minimum absolute atomic E-state index is 0.743. The van der Waals surface area contributed by atoms with Crippen molar-refractivity contribution in [2.24, 2.45) is 0 Å². The molecule has 71 valence electrons. The SMILES string of the molecule is C[CH]CC(CC)Sc1ccccc1. The largest absolute Gasteiger partial charge is 0.123 e. The summed E-state index contributed by atoms with van der Waals surface area (Å²) in [7, 11) is 0. The van der Waals surface area contributed by atoms with Crippen LogP contribution < -0.4 is 0 Å². The Balaban J connectivity index is 2.46. The third kappa shape index (κ3) is 3.86. The van der Waals surface area contributed by atoms with Crippen molar-refractivity contribution in [1.82, 2.24) is 0 Å². The van der Waals surface area contributed by atoms with E-state index in [0.29, 0.717) is 0 Å². The van der Waals surface area contributed by atoms with Gasteiger partial charge in [0.15, 0.2) is 0 Å². The molecule has 1 radical (unpaired) electrons. The van der Waals surface area contributed by atoms with E-state index in [4.69, 9.17) is 0 Å². The Hall–Kier alpha value is -0.430. The molecule has 0 aliphatic rings. The highest BCUT2D eigenvalue weighted by atomic mass is 32.2. The van der Waals surface area contributed by atoms with Crippen LogP contribution >= 0.6 is 11.8 Å². The minimum Gasteiger partial charge on any atom is -0.123 e. The second kappa shape index (κ2) is 6.09. The van der Waals surface area contributed by atoms with Crippen LogP contribution in [-0.2, 0) is 0 Å². The molecule has 0 aromatic heterocycles. The van der Waals surface area contributed by atoms with E-state index in [1.54, 1.807) is 0 Å². The van der Waals surface area contributed by atoms with Crippen molar-refractivity contribution < 1.29 is 0 Å². The molecule has 1 heteroatoms. The van der Waals surface area contributed by atoms with Crippen LogP contribution in [-0.4, -0.2) is 5.25 Å². The molecule has 0 saturated carbocycles. The van der Waals surface area contributed by atoms with Gasteiger partial charge < -0.3 is 0 Å². The van der Waals surface area contributed by atoms with Crippen LogP contribution in [0.4, 0.5) is 0 Å². The van der Waals surface area contributed by atoms with Gasteiger partial charge in [0.2, 0.25) is 0 Å². The summed E-state index contributed by atoms with van der Waals surface area (Å²) in [6, 6.07) is 10.6. The molecule has 0 bridgehead atoms. The van der Waals surface area contributed by atoms with Crippen LogP contribution in [0.1, 0.15) is 26.7 Å². The maximum absolute atomic E-state index is 2.25. The molecule has 1 aromatic rings. The number of thioether (sulfide) groups is 1. The first-order valence-electron chi connectivity index (χ1n) is 4.86.